The SMILES string of the molecule is CCOC(=O)[C@H]1CCCN([C@H](C)C(=O)Nc2ccc(SC(F)F)cc2)C1. The molecule has 0 saturated carbocycles. The minimum absolute atomic E-state index is 0.191. The number of ether oxygens (including phenoxy) is 1. The molecule has 0 unspecified atom stereocenters. The number of nitrogens with one attached hydrogen (secondary N) is 1. The number of amides is 1. The lowest BCUT2D eigenvalue weighted by atomic mass is 9.97. The summed E-state index contributed by atoms with van der Waals surface area (Å²) in [6.45, 7) is 5.17. The minimum atomic E-state index is -2.47. The van der Waals surface area contributed by atoms with Gasteiger partial charge in [0, 0.05) is 17.1 Å². The van der Waals surface area contributed by atoms with Crippen LogP contribution in [0.25, 0.3) is 0 Å². The maximum absolute atomic E-state index is 12.5. The summed E-state index contributed by atoms with van der Waals surface area (Å²) < 4.78 is 29.8. The van der Waals surface area contributed by atoms with Gasteiger partial charge in [0.25, 0.3) is 5.76 Å². The van der Waals surface area contributed by atoms with E-state index in [1.165, 1.54) is 0 Å². The number of thioether (sulfide) groups is 1. The number of halogens is 2. The van der Waals surface area contributed by atoms with E-state index >= 15 is 0 Å². The predicted molar refractivity (Wildman–Crippen MR) is 97.3 cm³/mol. The van der Waals surface area contributed by atoms with Crippen LogP contribution in [0.3, 0.4) is 0 Å². The third-order valence-corrected chi connectivity index (χ3v) is 5.07. The molecule has 1 N–H and O–H groups in total. The van der Waals surface area contributed by atoms with Crippen LogP contribution in [0.1, 0.15) is 26.7 Å². The summed E-state index contributed by atoms with van der Waals surface area (Å²) in [6.07, 6.45) is 1.60. The Labute approximate surface area is 156 Å². The van der Waals surface area contributed by atoms with Gasteiger partial charge in [0.05, 0.1) is 18.6 Å². The van der Waals surface area contributed by atoms with Gasteiger partial charge in [-0.25, -0.2) is 0 Å². The molecule has 0 radical (unpaired) electrons. The van der Waals surface area contributed by atoms with E-state index in [2.05, 4.69) is 5.32 Å². The van der Waals surface area contributed by atoms with Gasteiger partial charge < -0.3 is 10.1 Å². The predicted octanol–water partition coefficient (Wildman–Crippen LogP) is 3.60. The molecule has 1 aromatic carbocycles. The number of likely N-dealkylation sites (tertiary alicyclic amines) is 1. The molecule has 0 bridgehead atoms. The standard InChI is InChI=1S/C18H24F2N2O3S/c1-3-25-17(24)13-5-4-10-22(11-13)12(2)16(23)21-14-6-8-15(9-7-14)26-18(19)20/h6-9,12-13,18H,3-5,10-11H2,1-2H3,(H,21,23)/t12-,13+/m1/s1. The van der Waals surface area contributed by atoms with E-state index in [4.69, 9.17) is 4.74 Å². The van der Waals surface area contributed by atoms with Crippen LogP contribution in [-0.4, -0.2) is 48.3 Å². The van der Waals surface area contributed by atoms with Gasteiger partial charge in [-0.15, -0.1) is 0 Å². The van der Waals surface area contributed by atoms with Gasteiger partial charge in [0.1, 0.15) is 0 Å². The molecule has 8 heteroatoms. The van der Waals surface area contributed by atoms with Gasteiger partial charge in [0.15, 0.2) is 0 Å². The number of carbonyl (C=O) groups excluding carboxylic acids is 2. The van der Waals surface area contributed by atoms with Crippen molar-refractivity contribution < 1.29 is 23.1 Å². The largest absolute Gasteiger partial charge is 0.466 e. The van der Waals surface area contributed by atoms with Crippen molar-refractivity contribution in [2.45, 2.75) is 43.4 Å². The molecule has 1 fully saturated rings. The molecule has 144 valence electrons. The first kappa shape index (κ1) is 20.6. The second-order valence-corrected chi connectivity index (χ2v) is 7.22. The molecule has 5 nitrogen and oxygen atoms in total. The van der Waals surface area contributed by atoms with Gasteiger partial charge in [-0.2, -0.15) is 8.78 Å². The van der Waals surface area contributed by atoms with E-state index in [0.29, 0.717) is 35.5 Å². The van der Waals surface area contributed by atoms with Crippen molar-refractivity contribution >= 4 is 29.3 Å². The molecule has 0 aromatic heterocycles. The Balaban J connectivity index is 1.91. The Bertz CT molecular complexity index is 613. The fourth-order valence-corrected chi connectivity index (χ4v) is 3.44. The average Bonchev–Trinajstić information content (AvgIpc) is 2.62. The van der Waals surface area contributed by atoms with Crippen molar-refractivity contribution in [2.75, 3.05) is 25.0 Å². The maximum Gasteiger partial charge on any atom is 0.310 e. The van der Waals surface area contributed by atoms with Crippen LogP contribution in [0.5, 0.6) is 0 Å². The molecule has 1 amide bonds. The molecule has 2 rings (SSSR count). The summed E-state index contributed by atoms with van der Waals surface area (Å²) in [5.74, 6) is -3.08. The summed E-state index contributed by atoms with van der Waals surface area (Å²) >= 11 is 0.464. The molecule has 1 aliphatic heterocycles. The number of carbonyl (C=O) groups is 2. The second kappa shape index (κ2) is 9.87. The van der Waals surface area contributed by atoms with Crippen molar-refractivity contribution in [1.29, 1.82) is 0 Å². The zero-order valence-corrected chi connectivity index (χ0v) is 15.7. The Hall–Kier alpha value is -1.67. The Kier molecular flexibility index (Phi) is 7.84. The van der Waals surface area contributed by atoms with E-state index in [1.807, 2.05) is 4.90 Å². The fraction of sp³-hybridized carbons (Fsp3) is 0.556. The zero-order chi connectivity index (χ0) is 19.1. The number of hydrogen-bond donors (Lipinski definition) is 1. The first-order chi connectivity index (χ1) is 12.4. The topological polar surface area (TPSA) is 58.6 Å². The van der Waals surface area contributed by atoms with Crippen molar-refractivity contribution in [2.24, 2.45) is 5.92 Å². The third-order valence-electron chi connectivity index (χ3n) is 4.35. The van der Waals surface area contributed by atoms with Crippen LogP contribution in [-0.2, 0) is 14.3 Å². The van der Waals surface area contributed by atoms with Crippen molar-refractivity contribution in [3.63, 3.8) is 0 Å². The van der Waals surface area contributed by atoms with Gasteiger partial charge in [-0.3, -0.25) is 14.5 Å². The van der Waals surface area contributed by atoms with Crippen molar-refractivity contribution in [1.82, 2.24) is 4.90 Å². The zero-order valence-electron chi connectivity index (χ0n) is 14.9. The highest BCUT2D eigenvalue weighted by Gasteiger charge is 2.31. The molecular weight excluding hydrogens is 362 g/mol. The van der Waals surface area contributed by atoms with Crippen LogP contribution in [0.4, 0.5) is 14.5 Å². The second-order valence-electron chi connectivity index (χ2n) is 6.15. The summed E-state index contributed by atoms with van der Waals surface area (Å²) in [7, 11) is 0. The molecule has 1 aromatic rings. The van der Waals surface area contributed by atoms with Crippen molar-refractivity contribution in [3.05, 3.63) is 24.3 Å². The number of hydrogen-bond acceptors (Lipinski definition) is 5. The lowest BCUT2D eigenvalue weighted by Crippen LogP contribution is -2.48. The molecule has 1 heterocycles. The first-order valence-electron chi connectivity index (χ1n) is 8.67. The molecule has 26 heavy (non-hydrogen) atoms. The minimum Gasteiger partial charge on any atom is -0.466 e. The lowest BCUT2D eigenvalue weighted by molar-refractivity contribution is -0.150. The highest BCUT2D eigenvalue weighted by atomic mass is 32.2. The maximum atomic E-state index is 12.5. The van der Waals surface area contributed by atoms with E-state index in [1.54, 1.807) is 38.1 Å². The number of esters is 1. The number of piperidine rings is 1. The smallest absolute Gasteiger partial charge is 0.310 e. The van der Waals surface area contributed by atoms with Gasteiger partial charge in [-0.1, -0.05) is 11.8 Å². The highest BCUT2D eigenvalue weighted by molar-refractivity contribution is 7.99. The summed E-state index contributed by atoms with van der Waals surface area (Å²) in [5.41, 5.74) is 0.555. The molecule has 1 aliphatic rings. The normalized spacial score (nSPS) is 19.2. The van der Waals surface area contributed by atoms with Gasteiger partial charge in [-0.05, 0) is 57.5 Å². The van der Waals surface area contributed by atoms with E-state index < -0.39 is 11.8 Å². The first-order valence-corrected chi connectivity index (χ1v) is 9.55. The van der Waals surface area contributed by atoms with Crippen LogP contribution in [0.2, 0.25) is 0 Å². The van der Waals surface area contributed by atoms with Gasteiger partial charge in [0.2, 0.25) is 5.91 Å². The van der Waals surface area contributed by atoms with Crippen molar-refractivity contribution in [3.8, 4) is 0 Å². The highest BCUT2D eigenvalue weighted by Crippen LogP contribution is 2.26. The number of nitrogens with zero attached hydrogens (tertiary/aromatic N) is 1. The fourth-order valence-electron chi connectivity index (χ4n) is 2.94. The molecule has 2 atom stereocenters. The summed E-state index contributed by atoms with van der Waals surface area (Å²) in [5, 5.41) is 2.80. The molecule has 0 aliphatic carbocycles. The number of benzene rings is 1. The summed E-state index contributed by atoms with van der Waals surface area (Å²) in [6, 6.07) is 5.91. The van der Waals surface area contributed by atoms with Crippen LogP contribution in [0, 0.1) is 5.92 Å². The lowest BCUT2D eigenvalue weighted by Gasteiger charge is -2.35. The van der Waals surface area contributed by atoms with Gasteiger partial charge >= 0.3 is 5.97 Å². The molecular formula is C18H24F2N2O3S. The Morgan fingerprint density at radius 2 is 2.04 bits per heavy atom. The number of alkyl halides is 2. The molecule has 1 saturated heterocycles. The van der Waals surface area contributed by atoms with Crippen LogP contribution in [0.15, 0.2) is 29.2 Å². The third kappa shape index (κ3) is 5.95. The van der Waals surface area contributed by atoms with Crippen LogP contribution < -0.4 is 5.32 Å². The van der Waals surface area contributed by atoms with Crippen LogP contribution >= 0.6 is 11.8 Å². The Morgan fingerprint density at radius 3 is 2.65 bits per heavy atom. The van der Waals surface area contributed by atoms with E-state index in [-0.39, 0.29) is 17.8 Å². The number of anilines is 1. The summed E-state index contributed by atoms with van der Waals surface area (Å²) in [4.78, 5) is 26.8. The quantitative estimate of drug-likeness (QED) is 0.573. The number of rotatable bonds is 7. The van der Waals surface area contributed by atoms with E-state index in [9.17, 15) is 18.4 Å². The Morgan fingerprint density at radius 1 is 1.35 bits per heavy atom. The average molecular weight is 386 g/mol. The monoisotopic (exact) mass is 386 g/mol. The van der Waals surface area contributed by atoms with E-state index in [0.717, 1.165) is 19.4 Å². The molecule has 0 spiro atoms.